The minimum absolute atomic E-state index is 0.0201. The maximum atomic E-state index is 9.30. The van der Waals surface area contributed by atoms with Crippen LogP contribution >= 0.6 is 0 Å². The number of aliphatic hydroxyl groups excluding tert-OH is 1. The molecule has 2 nitrogen and oxygen atoms in total. The summed E-state index contributed by atoms with van der Waals surface area (Å²) in [4.78, 5) is 0. The Morgan fingerprint density at radius 3 is 2.57 bits per heavy atom. The molecule has 14 heavy (non-hydrogen) atoms. The first-order valence-electron chi connectivity index (χ1n) is 4.68. The Balaban J connectivity index is 2.93. The second-order valence-corrected chi connectivity index (χ2v) is 3.60. The largest absolute Gasteiger partial charge is 0.508 e. The standard InChI is InChI=1S/C12H16O2/c1-9(2)3-4-10-7-12(14)6-5-11(10)8-13/h3,5-7,13-14H,4,8H2,1-2H3. The number of rotatable bonds is 3. The number of aliphatic hydroxyl groups is 1. The van der Waals surface area contributed by atoms with Crippen LogP contribution in [0.25, 0.3) is 0 Å². The molecule has 0 unspecified atom stereocenters. The molecule has 0 fully saturated rings. The molecule has 2 heteroatoms. The van der Waals surface area contributed by atoms with Gasteiger partial charge in [-0.05, 0) is 43.5 Å². The zero-order valence-electron chi connectivity index (χ0n) is 8.62. The van der Waals surface area contributed by atoms with Gasteiger partial charge in [0.15, 0.2) is 0 Å². The van der Waals surface area contributed by atoms with Gasteiger partial charge in [-0.15, -0.1) is 0 Å². The lowest BCUT2D eigenvalue weighted by molar-refractivity contribution is 0.280. The van der Waals surface area contributed by atoms with E-state index in [1.54, 1.807) is 18.2 Å². The van der Waals surface area contributed by atoms with Gasteiger partial charge >= 0.3 is 0 Å². The average molecular weight is 192 g/mol. The van der Waals surface area contributed by atoms with Gasteiger partial charge in [-0.3, -0.25) is 0 Å². The van der Waals surface area contributed by atoms with Crippen LogP contribution in [0.4, 0.5) is 0 Å². The summed E-state index contributed by atoms with van der Waals surface area (Å²) >= 11 is 0. The summed E-state index contributed by atoms with van der Waals surface area (Å²) in [5.41, 5.74) is 3.09. The van der Waals surface area contributed by atoms with Crippen LogP contribution in [0.5, 0.6) is 5.75 Å². The fourth-order valence-corrected chi connectivity index (χ4v) is 1.27. The Labute approximate surface area is 84.5 Å². The number of hydrogen-bond acceptors (Lipinski definition) is 2. The molecule has 0 aliphatic carbocycles. The molecule has 1 aromatic carbocycles. The lowest BCUT2D eigenvalue weighted by Gasteiger charge is -2.05. The minimum atomic E-state index is 0.0201. The molecule has 0 aliphatic heterocycles. The number of hydrogen-bond donors (Lipinski definition) is 2. The Hall–Kier alpha value is -1.28. The Bertz CT molecular complexity index is 336. The fourth-order valence-electron chi connectivity index (χ4n) is 1.27. The molecule has 0 saturated carbocycles. The van der Waals surface area contributed by atoms with Gasteiger partial charge in [0.2, 0.25) is 0 Å². The third-order valence-electron chi connectivity index (χ3n) is 2.09. The molecule has 0 amide bonds. The van der Waals surface area contributed by atoms with Crippen molar-refractivity contribution in [1.29, 1.82) is 0 Å². The first-order valence-corrected chi connectivity index (χ1v) is 4.68. The second-order valence-electron chi connectivity index (χ2n) is 3.60. The van der Waals surface area contributed by atoms with Crippen molar-refractivity contribution in [3.05, 3.63) is 41.0 Å². The van der Waals surface area contributed by atoms with Crippen molar-refractivity contribution in [2.24, 2.45) is 0 Å². The van der Waals surface area contributed by atoms with Gasteiger partial charge in [-0.2, -0.15) is 0 Å². The predicted octanol–water partition coefficient (Wildman–Crippen LogP) is 2.39. The highest BCUT2D eigenvalue weighted by atomic mass is 16.3. The quantitative estimate of drug-likeness (QED) is 0.722. The van der Waals surface area contributed by atoms with Crippen molar-refractivity contribution in [2.45, 2.75) is 26.9 Å². The highest BCUT2D eigenvalue weighted by Crippen LogP contribution is 2.18. The van der Waals surface area contributed by atoms with Crippen LogP contribution in [0.2, 0.25) is 0 Å². The van der Waals surface area contributed by atoms with E-state index in [-0.39, 0.29) is 12.4 Å². The molecule has 1 aromatic rings. The number of aromatic hydroxyl groups is 1. The van der Waals surface area contributed by atoms with Crippen LogP contribution in [0, 0.1) is 0 Å². The molecule has 0 bridgehead atoms. The molecule has 0 radical (unpaired) electrons. The topological polar surface area (TPSA) is 40.5 Å². The highest BCUT2D eigenvalue weighted by molar-refractivity contribution is 5.35. The van der Waals surface area contributed by atoms with E-state index in [0.717, 1.165) is 17.5 Å². The Morgan fingerprint density at radius 1 is 1.29 bits per heavy atom. The normalized spacial score (nSPS) is 9.93. The van der Waals surface area contributed by atoms with Gasteiger partial charge in [0, 0.05) is 0 Å². The van der Waals surface area contributed by atoms with Gasteiger partial charge in [-0.25, -0.2) is 0 Å². The van der Waals surface area contributed by atoms with Crippen molar-refractivity contribution in [3.63, 3.8) is 0 Å². The number of phenols is 1. The molecule has 0 atom stereocenters. The van der Waals surface area contributed by atoms with Gasteiger partial charge < -0.3 is 10.2 Å². The van der Waals surface area contributed by atoms with E-state index in [4.69, 9.17) is 5.11 Å². The monoisotopic (exact) mass is 192 g/mol. The summed E-state index contributed by atoms with van der Waals surface area (Å²) in [5.74, 6) is 0.249. The maximum absolute atomic E-state index is 9.30. The lowest BCUT2D eigenvalue weighted by atomic mass is 10.0. The molecule has 0 saturated heterocycles. The summed E-state index contributed by atoms with van der Waals surface area (Å²) in [5, 5.41) is 18.4. The fraction of sp³-hybridized carbons (Fsp3) is 0.333. The molecular weight excluding hydrogens is 176 g/mol. The Kier molecular flexibility index (Phi) is 3.72. The zero-order chi connectivity index (χ0) is 10.6. The summed E-state index contributed by atoms with van der Waals surface area (Å²) in [6, 6.07) is 5.05. The molecule has 0 aromatic heterocycles. The maximum Gasteiger partial charge on any atom is 0.115 e. The van der Waals surface area contributed by atoms with Crippen LogP contribution < -0.4 is 0 Å². The van der Waals surface area contributed by atoms with E-state index in [1.807, 2.05) is 13.8 Å². The van der Waals surface area contributed by atoms with E-state index in [2.05, 4.69) is 6.08 Å². The zero-order valence-corrected chi connectivity index (χ0v) is 8.62. The Morgan fingerprint density at radius 2 is 2.00 bits per heavy atom. The smallest absolute Gasteiger partial charge is 0.115 e. The predicted molar refractivity (Wildman–Crippen MR) is 57.2 cm³/mol. The molecule has 0 spiro atoms. The lowest BCUT2D eigenvalue weighted by Crippen LogP contribution is -1.92. The van der Waals surface area contributed by atoms with Crippen molar-refractivity contribution in [3.8, 4) is 5.75 Å². The second kappa shape index (κ2) is 4.82. The minimum Gasteiger partial charge on any atom is -0.508 e. The van der Waals surface area contributed by atoms with Gasteiger partial charge in [0.25, 0.3) is 0 Å². The van der Waals surface area contributed by atoms with E-state index >= 15 is 0 Å². The third-order valence-corrected chi connectivity index (χ3v) is 2.09. The SMILES string of the molecule is CC(C)=CCc1cc(O)ccc1CO. The van der Waals surface area contributed by atoms with Crippen LogP contribution in [0.1, 0.15) is 25.0 Å². The summed E-state index contributed by atoms with van der Waals surface area (Å²) in [6.07, 6.45) is 2.83. The first kappa shape index (κ1) is 10.8. The number of benzene rings is 1. The van der Waals surface area contributed by atoms with Crippen molar-refractivity contribution in [2.75, 3.05) is 0 Å². The van der Waals surface area contributed by atoms with Crippen LogP contribution in [-0.4, -0.2) is 10.2 Å². The highest BCUT2D eigenvalue weighted by Gasteiger charge is 2.01. The van der Waals surface area contributed by atoms with E-state index in [9.17, 15) is 5.11 Å². The number of phenolic OH excluding ortho intramolecular Hbond substituents is 1. The first-order chi connectivity index (χ1) is 6.63. The van der Waals surface area contributed by atoms with E-state index in [1.165, 1.54) is 5.57 Å². The molecule has 76 valence electrons. The average Bonchev–Trinajstić information content (AvgIpc) is 2.15. The molecule has 0 heterocycles. The van der Waals surface area contributed by atoms with Crippen molar-refractivity contribution < 1.29 is 10.2 Å². The number of allylic oxidation sites excluding steroid dienone is 2. The van der Waals surface area contributed by atoms with Crippen LogP contribution in [-0.2, 0) is 13.0 Å². The van der Waals surface area contributed by atoms with E-state index < -0.39 is 0 Å². The molecular formula is C12H16O2. The third kappa shape index (κ3) is 2.89. The van der Waals surface area contributed by atoms with Gasteiger partial charge in [-0.1, -0.05) is 17.7 Å². The van der Waals surface area contributed by atoms with Crippen molar-refractivity contribution >= 4 is 0 Å². The molecule has 1 rings (SSSR count). The van der Waals surface area contributed by atoms with Gasteiger partial charge in [0.05, 0.1) is 6.61 Å². The molecule has 0 aliphatic rings. The van der Waals surface area contributed by atoms with Crippen molar-refractivity contribution in [1.82, 2.24) is 0 Å². The van der Waals surface area contributed by atoms with Crippen LogP contribution in [0.3, 0.4) is 0 Å². The summed E-state index contributed by atoms with van der Waals surface area (Å²) in [6.45, 7) is 4.08. The summed E-state index contributed by atoms with van der Waals surface area (Å²) < 4.78 is 0. The molecule has 2 N–H and O–H groups in total. The van der Waals surface area contributed by atoms with Gasteiger partial charge in [0.1, 0.15) is 5.75 Å². The summed E-state index contributed by atoms with van der Waals surface area (Å²) in [7, 11) is 0. The van der Waals surface area contributed by atoms with E-state index in [0.29, 0.717) is 0 Å². The van der Waals surface area contributed by atoms with Crippen LogP contribution in [0.15, 0.2) is 29.8 Å².